The third-order valence-corrected chi connectivity index (χ3v) is 4.19. The van der Waals surface area contributed by atoms with Crippen molar-refractivity contribution in [1.29, 1.82) is 0 Å². The summed E-state index contributed by atoms with van der Waals surface area (Å²) < 4.78 is 0. The predicted molar refractivity (Wildman–Crippen MR) is 76.6 cm³/mol. The molecule has 0 radical (unpaired) electrons. The predicted octanol–water partition coefficient (Wildman–Crippen LogP) is 2.91. The Morgan fingerprint density at radius 1 is 1.42 bits per heavy atom. The maximum atomic E-state index is 11.9. The van der Waals surface area contributed by atoms with Crippen molar-refractivity contribution in [2.24, 2.45) is 0 Å². The standard InChI is InChI=1S/C14H17Cl2NO2/c1-2-14(19)8-17(9-14)13(18)6-4-10-3-5-11(15)7-12(10)16/h3,5,7,19H,2,4,6,8-9H2,1H3. The average Bonchev–Trinajstić information content (AvgIpc) is 2.33. The number of amides is 1. The van der Waals surface area contributed by atoms with Gasteiger partial charge in [-0.05, 0) is 30.5 Å². The van der Waals surface area contributed by atoms with Crippen LogP contribution in [0.2, 0.25) is 10.0 Å². The lowest BCUT2D eigenvalue weighted by molar-refractivity contribution is -0.155. The summed E-state index contributed by atoms with van der Waals surface area (Å²) in [5, 5.41) is 11.1. The molecule has 1 aliphatic heterocycles. The summed E-state index contributed by atoms with van der Waals surface area (Å²) in [4.78, 5) is 13.6. The van der Waals surface area contributed by atoms with Gasteiger partial charge in [0.15, 0.2) is 0 Å². The SMILES string of the molecule is CCC1(O)CN(C(=O)CCc2ccc(Cl)cc2Cl)C1. The Labute approximate surface area is 123 Å². The van der Waals surface area contributed by atoms with E-state index in [0.29, 0.717) is 42.4 Å². The van der Waals surface area contributed by atoms with E-state index in [1.54, 1.807) is 17.0 Å². The van der Waals surface area contributed by atoms with Crippen molar-refractivity contribution in [2.75, 3.05) is 13.1 Å². The molecule has 5 heteroatoms. The summed E-state index contributed by atoms with van der Waals surface area (Å²) >= 11 is 11.9. The Kier molecular flexibility index (Phi) is 4.39. The number of nitrogens with zero attached hydrogens (tertiary/aromatic N) is 1. The van der Waals surface area contributed by atoms with Crippen molar-refractivity contribution >= 4 is 29.1 Å². The molecule has 0 bridgehead atoms. The van der Waals surface area contributed by atoms with Crippen LogP contribution in [-0.2, 0) is 11.2 Å². The van der Waals surface area contributed by atoms with E-state index in [9.17, 15) is 9.90 Å². The van der Waals surface area contributed by atoms with Crippen LogP contribution in [0.5, 0.6) is 0 Å². The van der Waals surface area contributed by atoms with Gasteiger partial charge in [-0.2, -0.15) is 0 Å². The molecule has 1 aliphatic rings. The number of likely N-dealkylation sites (tertiary alicyclic amines) is 1. The summed E-state index contributed by atoms with van der Waals surface area (Å²) in [7, 11) is 0. The van der Waals surface area contributed by atoms with Gasteiger partial charge in [0, 0.05) is 16.5 Å². The zero-order chi connectivity index (χ0) is 14.0. The van der Waals surface area contributed by atoms with Crippen LogP contribution in [0.1, 0.15) is 25.3 Å². The molecule has 19 heavy (non-hydrogen) atoms. The van der Waals surface area contributed by atoms with Gasteiger partial charge in [-0.25, -0.2) is 0 Å². The van der Waals surface area contributed by atoms with Crippen molar-refractivity contribution in [3.63, 3.8) is 0 Å². The first-order chi connectivity index (χ1) is 8.93. The molecule has 1 aromatic rings. The van der Waals surface area contributed by atoms with E-state index in [0.717, 1.165) is 5.56 Å². The highest BCUT2D eigenvalue weighted by atomic mass is 35.5. The fourth-order valence-corrected chi connectivity index (χ4v) is 2.69. The van der Waals surface area contributed by atoms with Crippen LogP contribution in [0, 0.1) is 0 Å². The number of carbonyl (C=O) groups excluding carboxylic acids is 1. The van der Waals surface area contributed by atoms with Crippen molar-refractivity contribution in [3.8, 4) is 0 Å². The van der Waals surface area contributed by atoms with Gasteiger partial charge >= 0.3 is 0 Å². The Hall–Kier alpha value is -0.770. The van der Waals surface area contributed by atoms with Crippen LogP contribution in [0.4, 0.5) is 0 Å². The lowest BCUT2D eigenvalue weighted by Crippen LogP contribution is -2.63. The third-order valence-electron chi connectivity index (χ3n) is 3.60. The second kappa shape index (κ2) is 5.70. The fraction of sp³-hybridized carbons (Fsp3) is 0.500. The molecule has 1 heterocycles. The third kappa shape index (κ3) is 3.41. The number of benzene rings is 1. The molecule has 0 aromatic heterocycles. The van der Waals surface area contributed by atoms with Gasteiger partial charge in [-0.3, -0.25) is 4.79 Å². The molecule has 1 fully saturated rings. The Morgan fingerprint density at radius 2 is 2.11 bits per heavy atom. The normalized spacial score (nSPS) is 17.2. The number of hydrogen-bond acceptors (Lipinski definition) is 2. The molecule has 2 rings (SSSR count). The Balaban J connectivity index is 1.85. The number of hydrogen-bond donors (Lipinski definition) is 1. The van der Waals surface area contributed by atoms with E-state index >= 15 is 0 Å². The van der Waals surface area contributed by atoms with Crippen LogP contribution < -0.4 is 0 Å². The zero-order valence-corrected chi connectivity index (χ0v) is 12.3. The van der Waals surface area contributed by atoms with Crippen molar-refractivity contribution in [2.45, 2.75) is 31.8 Å². The monoisotopic (exact) mass is 301 g/mol. The molecule has 1 N–H and O–H groups in total. The molecule has 1 saturated heterocycles. The molecular formula is C14H17Cl2NO2. The molecular weight excluding hydrogens is 285 g/mol. The number of aliphatic hydroxyl groups is 1. The fourth-order valence-electron chi connectivity index (χ4n) is 2.19. The Morgan fingerprint density at radius 3 is 2.68 bits per heavy atom. The molecule has 1 amide bonds. The minimum absolute atomic E-state index is 0.0594. The van der Waals surface area contributed by atoms with Gasteiger partial charge in [0.05, 0.1) is 18.7 Å². The lowest BCUT2D eigenvalue weighted by Gasteiger charge is -2.46. The first-order valence-electron chi connectivity index (χ1n) is 6.37. The van der Waals surface area contributed by atoms with Crippen LogP contribution in [0.15, 0.2) is 18.2 Å². The summed E-state index contributed by atoms with van der Waals surface area (Å²) in [5.41, 5.74) is 0.249. The molecule has 104 valence electrons. The first kappa shape index (κ1) is 14.6. The van der Waals surface area contributed by atoms with Gasteiger partial charge in [0.25, 0.3) is 0 Å². The summed E-state index contributed by atoms with van der Waals surface area (Å²) in [5.74, 6) is 0.0594. The molecule has 3 nitrogen and oxygen atoms in total. The van der Waals surface area contributed by atoms with Crippen LogP contribution >= 0.6 is 23.2 Å². The van der Waals surface area contributed by atoms with Gasteiger partial charge in [0.2, 0.25) is 5.91 Å². The largest absolute Gasteiger partial charge is 0.386 e. The number of β-amino-alcohol motifs (C(OH)–C–C–N with tert-alkyl or cyclic N) is 1. The van der Waals surface area contributed by atoms with Crippen molar-refractivity contribution in [1.82, 2.24) is 4.90 Å². The lowest BCUT2D eigenvalue weighted by atomic mass is 9.91. The van der Waals surface area contributed by atoms with E-state index in [2.05, 4.69) is 0 Å². The number of rotatable bonds is 4. The highest BCUT2D eigenvalue weighted by Crippen LogP contribution is 2.26. The molecule has 0 unspecified atom stereocenters. The maximum Gasteiger partial charge on any atom is 0.223 e. The summed E-state index contributed by atoms with van der Waals surface area (Å²) in [6, 6.07) is 5.30. The van der Waals surface area contributed by atoms with Crippen molar-refractivity contribution < 1.29 is 9.90 Å². The van der Waals surface area contributed by atoms with Crippen LogP contribution in [0.3, 0.4) is 0 Å². The van der Waals surface area contributed by atoms with E-state index in [1.807, 2.05) is 13.0 Å². The molecule has 1 aromatic carbocycles. The van der Waals surface area contributed by atoms with E-state index in [4.69, 9.17) is 23.2 Å². The zero-order valence-electron chi connectivity index (χ0n) is 10.8. The first-order valence-corrected chi connectivity index (χ1v) is 7.13. The van der Waals surface area contributed by atoms with Gasteiger partial charge in [0.1, 0.15) is 0 Å². The molecule has 0 saturated carbocycles. The topological polar surface area (TPSA) is 40.5 Å². The minimum atomic E-state index is -0.673. The second-order valence-electron chi connectivity index (χ2n) is 5.06. The molecule has 0 spiro atoms. The highest BCUT2D eigenvalue weighted by Gasteiger charge is 2.41. The van der Waals surface area contributed by atoms with Gasteiger partial charge in [-0.15, -0.1) is 0 Å². The number of halogens is 2. The van der Waals surface area contributed by atoms with E-state index < -0.39 is 5.60 Å². The number of carbonyl (C=O) groups is 1. The van der Waals surface area contributed by atoms with Gasteiger partial charge in [-0.1, -0.05) is 36.2 Å². The Bertz CT molecular complexity index is 484. The summed E-state index contributed by atoms with van der Waals surface area (Å²) in [6.07, 6.45) is 1.68. The van der Waals surface area contributed by atoms with E-state index in [1.165, 1.54) is 0 Å². The minimum Gasteiger partial charge on any atom is -0.386 e. The quantitative estimate of drug-likeness (QED) is 0.929. The maximum absolute atomic E-state index is 11.9. The van der Waals surface area contributed by atoms with Gasteiger partial charge < -0.3 is 10.0 Å². The van der Waals surface area contributed by atoms with E-state index in [-0.39, 0.29) is 5.91 Å². The second-order valence-corrected chi connectivity index (χ2v) is 5.91. The van der Waals surface area contributed by atoms with Crippen LogP contribution in [-0.4, -0.2) is 34.6 Å². The number of aryl methyl sites for hydroxylation is 1. The molecule has 0 aliphatic carbocycles. The van der Waals surface area contributed by atoms with Crippen LogP contribution in [0.25, 0.3) is 0 Å². The summed E-state index contributed by atoms with van der Waals surface area (Å²) in [6.45, 7) is 2.81. The molecule has 0 atom stereocenters. The van der Waals surface area contributed by atoms with Crippen molar-refractivity contribution in [3.05, 3.63) is 33.8 Å². The smallest absolute Gasteiger partial charge is 0.223 e. The highest BCUT2D eigenvalue weighted by molar-refractivity contribution is 6.35. The average molecular weight is 302 g/mol.